The number of aromatic nitrogens is 2. The Morgan fingerprint density at radius 1 is 1.20 bits per heavy atom. The number of hydrogen-bond acceptors (Lipinski definition) is 4. The summed E-state index contributed by atoms with van der Waals surface area (Å²) < 4.78 is 1.82. The summed E-state index contributed by atoms with van der Waals surface area (Å²) in [7, 11) is 0. The summed E-state index contributed by atoms with van der Waals surface area (Å²) in [4.78, 5) is 2.20. The largest absolute Gasteiger partial charge is 0.314 e. The van der Waals surface area contributed by atoms with Gasteiger partial charge in [0.2, 0.25) is 0 Å². The number of nitrogens with zero attached hydrogens (tertiary/aromatic N) is 4. The average molecular weight is 267 g/mol. The molecule has 1 unspecified atom stereocenters. The fraction of sp³-hybridized carbons (Fsp3) is 0.333. The quantitative estimate of drug-likeness (QED) is 0.912. The van der Waals surface area contributed by atoms with Gasteiger partial charge in [-0.15, -0.1) is 0 Å². The number of benzene rings is 1. The highest BCUT2D eigenvalue weighted by Gasteiger charge is 2.23. The van der Waals surface area contributed by atoms with Crippen molar-refractivity contribution in [3.8, 4) is 11.8 Å². The van der Waals surface area contributed by atoms with Gasteiger partial charge in [-0.05, 0) is 12.1 Å². The van der Waals surface area contributed by atoms with Gasteiger partial charge in [-0.2, -0.15) is 10.4 Å². The van der Waals surface area contributed by atoms with Crippen LogP contribution in [0.15, 0.2) is 42.7 Å². The van der Waals surface area contributed by atoms with Crippen LogP contribution in [0, 0.1) is 11.3 Å². The molecule has 1 aliphatic heterocycles. The molecule has 5 nitrogen and oxygen atoms in total. The molecule has 1 N–H and O–H groups in total. The van der Waals surface area contributed by atoms with Crippen molar-refractivity contribution in [3.05, 3.63) is 48.3 Å². The van der Waals surface area contributed by atoms with Crippen LogP contribution in [0.2, 0.25) is 0 Å². The lowest BCUT2D eigenvalue weighted by Crippen LogP contribution is -2.44. The van der Waals surface area contributed by atoms with Gasteiger partial charge in [0.25, 0.3) is 0 Å². The molecular formula is C15H17N5. The highest BCUT2D eigenvalue weighted by Crippen LogP contribution is 2.21. The molecule has 1 aliphatic rings. The maximum absolute atomic E-state index is 9.46. The van der Waals surface area contributed by atoms with Gasteiger partial charge in [0.15, 0.2) is 0 Å². The molecule has 0 saturated carbocycles. The first-order valence-electron chi connectivity index (χ1n) is 6.83. The second kappa shape index (κ2) is 5.87. The zero-order valence-electron chi connectivity index (χ0n) is 11.2. The maximum Gasteiger partial charge on any atom is 0.127 e. The van der Waals surface area contributed by atoms with Crippen LogP contribution < -0.4 is 5.32 Å². The first kappa shape index (κ1) is 12.9. The number of nitriles is 1. The van der Waals surface area contributed by atoms with E-state index in [2.05, 4.69) is 21.4 Å². The van der Waals surface area contributed by atoms with E-state index in [1.54, 1.807) is 6.20 Å². The maximum atomic E-state index is 9.46. The molecule has 0 amide bonds. The van der Waals surface area contributed by atoms with Crippen LogP contribution in [0.1, 0.15) is 11.6 Å². The van der Waals surface area contributed by atoms with Crippen LogP contribution >= 0.6 is 0 Å². The minimum Gasteiger partial charge on any atom is -0.314 e. The van der Waals surface area contributed by atoms with E-state index in [1.165, 1.54) is 0 Å². The van der Waals surface area contributed by atoms with Crippen molar-refractivity contribution in [1.82, 2.24) is 20.0 Å². The van der Waals surface area contributed by atoms with Gasteiger partial charge in [-0.3, -0.25) is 4.90 Å². The number of nitrogens with one attached hydrogen (secondary N) is 1. The second-order valence-corrected chi connectivity index (χ2v) is 4.87. The van der Waals surface area contributed by atoms with Crippen molar-refractivity contribution >= 4 is 0 Å². The van der Waals surface area contributed by atoms with Crippen LogP contribution in [0.25, 0.3) is 5.69 Å². The summed E-state index contributed by atoms with van der Waals surface area (Å²) in [6.45, 7) is 3.67. The van der Waals surface area contributed by atoms with Crippen LogP contribution in [0.4, 0.5) is 0 Å². The number of para-hydroxylation sites is 1. The SMILES string of the molecule is N#CC(c1cnn(-c2ccccc2)c1)N1CCNCC1. The minimum atomic E-state index is -0.213. The van der Waals surface area contributed by atoms with Crippen LogP contribution in [-0.4, -0.2) is 40.9 Å². The molecule has 5 heteroatoms. The van der Waals surface area contributed by atoms with Crippen LogP contribution in [0.5, 0.6) is 0 Å². The van der Waals surface area contributed by atoms with E-state index < -0.39 is 0 Å². The van der Waals surface area contributed by atoms with Gasteiger partial charge in [-0.1, -0.05) is 18.2 Å². The minimum absolute atomic E-state index is 0.213. The molecule has 1 aromatic heterocycles. The Hall–Kier alpha value is -2.16. The van der Waals surface area contributed by atoms with Crippen LogP contribution in [-0.2, 0) is 0 Å². The predicted molar refractivity (Wildman–Crippen MR) is 76.4 cm³/mol. The topological polar surface area (TPSA) is 56.9 Å². The third-order valence-corrected chi connectivity index (χ3v) is 3.58. The van der Waals surface area contributed by atoms with Crippen molar-refractivity contribution in [2.24, 2.45) is 0 Å². The summed E-state index contributed by atoms with van der Waals surface area (Å²) in [5.41, 5.74) is 1.97. The summed E-state index contributed by atoms with van der Waals surface area (Å²) in [5.74, 6) is 0. The lowest BCUT2D eigenvalue weighted by Gasteiger charge is -2.30. The summed E-state index contributed by atoms with van der Waals surface area (Å²) in [6.07, 6.45) is 3.74. The molecule has 3 rings (SSSR count). The molecular weight excluding hydrogens is 250 g/mol. The lowest BCUT2D eigenvalue weighted by molar-refractivity contribution is 0.207. The lowest BCUT2D eigenvalue weighted by atomic mass is 10.1. The van der Waals surface area contributed by atoms with Crippen molar-refractivity contribution < 1.29 is 0 Å². The molecule has 0 radical (unpaired) electrons. The average Bonchev–Trinajstić information content (AvgIpc) is 3.00. The molecule has 1 fully saturated rings. The third-order valence-electron chi connectivity index (χ3n) is 3.58. The summed E-state index contributed by atoms with van der Waals surface area (Å²) in [5, 5.41) is 17.1. The fourth-order valence-corrected chi connectivity index (χ4v) is 2.51. The van der Waals surface area contributed by atoms with E-state index in [4.69, 9.17) is 0 Å². The Bertz CT molecular complexity index is 592. The molecule has 1 atom stereocenters. The Labute approximate surface area is 118 Å². The molecule has 2 heterocycles. The predicted octanol–water partition coefficient (Wildman–Crippen LogP) is 1.34. The zero-order chi connectivity index (χ0) is 13.8. The monoisotopic (exact) mass is 267 g/mol. The number of rotatable bonds is 3. The van der Waals surface area contributed by atoms with E-state index in [1.807, 2.05) is 41.2 Å². The van der Waals surface area contributed by atoms with E-state index in [0.29, 0.717) is 0 Å². The Morgan fingerprint density at radius 2 is 1.95 bits per heavy atom. The third kappa shape index (κ3) is 2.57. The van der Waals surface area contributed by atoms with E-state index in [0.717, 1.165) is 37.4 Å². The molecule has 2 aromatic rings. The molecule has 0 spiro atoms. The Kier molecular flexibility index (Phi) is 3.77. The van der Waals surface area contributed by atoms with Crippen molar-refractivity contribution in [3.63, 3.8) is 0 Å². The van der Waals surface area contributed by atoms with Crippen LogP contribution in [0.3, 0.4) is 0 Å². The highest BCUT2D eigenvalue weighted by atomic mass is 15.3. The first-order chi connectivity index (χ1) is 9.88. The smallest absolute Gasteiger partial charge is 0.127 e. The standard InChI is InChI=1S/C15H17N5/c16-10-15(19-8-6-17-7-9-19)13-11-18-20(12-13)14-4-2-1-3-5-14/h1-5,11-12,15,17H,6-9H2. The Balaban J connectivity index is 1.83. The molecule has 0 bridgehead atoms. The summed E-state index contributed by atoms with van der Waals surface area (Å²) >= 11 is 0. The van der Waals surface area contributed by atoms with Gasteiger partial charge in [0.05, 0.1) is 18.0 Å². The van der Waals surface area contributed by atoms with E-state index in [-0.39, 0.29) is 6.04 Å². The molecule has 20 heavy (non-hydrogen) atoms. The van der Waals surface area contributed by atoms with Gasteiger partial charge >= 0.3 is 0 Å². The van der Waals surface area contributed by atoms with E-state index >= 15 is 0 Å². The highest BCUT2D eigenvalue weighted by molar-refractivity contribution is 5.32. The van der Waals surface area contributed by atoms with Crippen molar-refractivity contribution in [2.75, 3.05) is 26.2 Å². The normalized spacial score (nSPS) is 17.6. The molecule has 1 saturated heterocycles. The van der Waals surface area contributed by atoms with Gasteiger partial charge < -0.3 is 5.32 Å². The summed E-state index contributed by atoms with van der Waals surface area (Å²) in [6, 6.07) is 12.1. The van der Waals surface area contributed by atoms with Gasteiger partial charge in [0, 0.05) is 37.9 Å². The van der Waals surface area contributed by atoms with E-state index in [9.17, 15) is 5.26 Å². The van der Waals surface area contributed by atoms with Gasteiger partial charge in [0.1, 0.15) is 6.04 Å². The van der Waals surface area contributed by atoms with Crippen molar-refractivity contribution in [2.45, 2.75) is 6.04 Å². The first-order valence-corrected chi connectivity index (χ1v) is 6.83. The van der Waals surface area contributed by atoms with Crippen molar-refractivity contribution in [1.29, 1.82) is 5.26 Å². The Morgan fingerprint density at radius 3 is 2.65 bits per heavy atom. The molecule has 0 aliphatic carbocycles. The van der Waals surface area contributed by atoms with Gasteiger partial charge in [-0.25, -0.2) is 4.68 Å². The molecule has 102 valence electrons. The number of hydrogen-bond donors (Lipinski definition) is 1. The zero-order valence-corrected chi connectivity index (χ0v) is 11.2. The number of piperazine rings is 1. The molecule has 1 aromatic carbocycles. The second-order valence-electron chi connectivity index (χ2n) is 4.87. The fourth-order valence-electron chi connectivity index (χ4n) is 2.51.